The van der Waals surface area contributed by atoms with Crippen LogP contribution in [0.2, 0.25) is 0 Å². The molecule has 39 heavy (non-hydrogen) atoms. The lowest BCUT2D eigenvalue weighted by atomic mass is 10.1. The third-order valence-electron chi connectivity index (χ3n) is 6.83. The summed E-state index contributed by atoms with van der Waals surface area (Å²) in [5.41, 5.74) is 2.20. The maximum atomic E-state index is 14.9. The van der Waals surface area contributed by atoms with E-state index in [1.54, 1.807) is 6.07 Å². The summed E-state index contributed by atoms with van der Waals surface area (Å²) in [5.74, 6) is -0.500. The Labute approximate surface area is 222 Å². The zero-order valence-corrected chi connectivity index (χ0v) is 21.0. The number of aromatic nitrogens is 3. The van der Waals surface area contributed by atoms with E-state index in [-0.39, 0.29) is 5.75 Å². The minimum atomic E-state index is -4.63. The average molecular weight is 539 g/mol. The van der Waals surface area contributed by atoms with Crippen LogP contribution < -0.4 is 9.64 Å². The van der Waals surface area contributed by atoms with Gasteiger partial charge >= 0.3 is 12.2 Å². The average Bonchev–Trinajstić information content (AvgIpc) is 3.33. The van der Waals surface area contributed by atoms with Crippen molar-refractivity contribution in [1.82, 2.24) is 19.9 Å². The van der Waals surface area contributed by atoms with Gasteiger partial charge in [-0.3, -0.25) is 4.90 Å². The smallest absolute Gasteiger partial charge is 0.424 e. The number of fused-ring (bicyclic) bond motifs is 1. The van der Waals surface area contributed by atoms with Crippen molar-refractivity contribution in [3.63, 3.8) is 0 Å². The molecule has 5 rings (SSSR count). The van der Waals surface area contributed by atoms with E-state index in [0.29, 0.717) is 24.3 Å². The monoisotopic (exact) mass is 538 g/mol. The molecule has 1 aliphatic heterocycles. The molecule has 0 bridgehead atoms. The molecule has 4 aromatic rings. The van der Waals surface area contributed by atoms with Crippen LogP contribution in [0.5, 0.6) is 11.8 Å². The fourth-order valence-electron chi connectivity index (χ4n) is 4.78. The first kappa shape index (κ1) is 26.4. The normalized spacial score (nSPS) is 14.5. The van der Waals surface area contributed by atoms with Gasteiger partial charge in [0.15, 0.2) is 5.69 Å². The van der Waals surface area contributed by atoms with Gasteiger partial charge in [-0.2, -0.15) is 23.4 Å². The lowest BCUT2D eigenvalue weighted by Gasteiger charge is -2.36. The number of nitrogens with zero attached hydrogens (tertiary/aromatic N) is 5. The van der Waals surface area contributed by atoms with Gasteiger partial charge in [0, 0.05) is 55.5 Å². The first-order chi connectivity index (χ1) is 18.8. The summed E-state index contributed by atoms with van der Waals surface area (Å²) < 4.78 is 58.7. The second kappa shape index (κ2) is 11.3. The summed E-state index contributed by atoms with van der Waals surface area (Å²) in [6.45, 7) is 3.87. The molecule has 2 aromatic heterocycles. The molecule has 2 aromatic carbocycles. The van der Waals surface area contributed by atoms with Gasteiger partial charge in [0.1, 0.15) is 11.6 Å². The van der Waals surface area contributed by atoms with Crippen LogP contribution >= 0.6 is 0 Å². The van der Waals surface area contributed by atoms with E-state index in [1.807, 2.05) is 29.3 Å². The SMILES string of the molecule is N#Cc1ccc2[nH]cc(CCCCN3CCN(c4ccc(Oc5nccc(C(F)(F)F)n5)cc4F)CC3)c2c1. The number of unbranched alkanes of at least 4 members (excludes halogenated alkanes) is 1. The van der Waals surface area contributed by atoms with Crippen molar-refractivity contribution in [2.75, 3.05) is 37.6 Å². The quantitative estimate of drug-likeness (QED) is 0.221. The number of nitrogens with one attached hydrogen (secondary N) is 1. The number of nitriles is 1. The Hall–Kier alpha value is -4.17. The molecule has 0 aliphatic carbocycles. The van der Waals surface area contributed by atoms with Crippen LogP contribution in [0.3, 0.4) is 0 Å². The summed E-state index contributed by atoms with van der Waals surface area (Å²) in [6.07, 6.45) is 1.32. The highest BCUT2D eigenvalue weighted by Crippen LogP contribution is 2.30. The number of rotatable bonds is 8. The minimum absolute atomic E-state index is 0.0215. The van der Waals surface area contributed by atoms with Crippen LogP contribution in [0.4, 0.5) is 23.2 Å². The topological polar surface area (TPSA) is 81.1 Å². The van der Waals surface area contributed by atoms with E-state index < -0.39 is 23.7 Å². The van der Waals surface area contributed by atoms with Gasteiger partial charge in [-0.15, -0.1) is 0 Å². The lowest BCUT2D eigenvalue weighted by molar-refractivity contribution is -0.141. The third-order valence-corrected chi connectivity index (χ3v) is 6.83. The van der Waals surface area contributed by atoms with Crippen LogP contribution in [-0.4, -0.2) is 52.6 Å². The number of piperazine rings is 1. The number of hydrogen-bond donors (Lipinski definition) is 1. The number of aryl methyl sites for hydroxylation is 1. The molecule has 1 aliphatic rings. The number of halogens is 4. The highest BCUT2D eigenvalue weighted by atomic mass is 19.4. The second-order valence-corrected chi connectivity index (χ2v) is 9.41. The van der Waals surface area contributed by atoms with E-state index in [1.165, 1.54) is 11.6 Å². The molecule has 0 radical (unpaired) electrons. The van der Waals surface area contributed by atoms with E-state index in [9.17, 15) is 17.6 Å². The highest BCUT2D eigenvalue weighted by molar-refractivity contribution is 5.84. The Kier molecular flexibility index (Phi) is 7.65. The van der Waals surface area contributed by atoms with Crippen molar-refractivity contribution in [3.8, 4) is 17.8 Å². The van der Waals surface area contributed by atoms with Crippen LogP contribution in [0.15, 0.2) is 54.9 Å². The van der Waals surface area contributed by atoms with Crippen molar-refractivity contribution < 1.29 is 22.3 Å². The lowest BCUT2D eigenvalue weighted by Crippen LogP contribution is -2.46. The van der Waals surface area contributed by atoms with E-state index in [2.05, 4.69) is 25.9 Å². The van der Waals surface area contributed by atoms with Gasteiger partial charge in [0.05, 0.1) is 17.3 Å². The standard InChI is InChI=1S/C28H26F4N6O/c29-23-16-21(39-27-34-9-8-26(36-27)28(30,31)32)5-7-25(23)38-13-11-37(12-14-38)10-2-1-3-20-18-35-24-6-4-19(17-33)15-22(20)24/h4-9,15-16,18,35H,1-3,10-14H2. The molecule has 7 nitrogen and oxygen atoms in total. The van der Waals surface area contributed by atoms with E-state index in [4.69, 9.17) is 10.00 Å². The van der Waals surface area contributed by atoms with Crippen molar-refractivity contribution >= 4 is 16.6 Å². The maximum absolute atomic E-state index is 14.9. The van der Waals surface area contributed by atoms with Crippen LogP contribution in [0, 0.1) is 17.1 Å². The Balaban J connectivity index is 1.09. The summed E-state index contributed by atoms with van der Waals surface area (Å²) in [5, 5.41) is 10.3. The predicted molar refractivity (Wildman–Crippen MR) is 138 cm³/mol. The molecule has 0 atom stereocenters. The molecule has 202 valence electrons. The van der Waals surface area contributed by atoms with Gasteiger partial charge < -0.3 is 14.6 Å². The minimum Gasteiger partial charge on any atom is -0.424 e. The molecule has 0 amide bonds. The number of aromatic amines is 1. The van der Waals surface area contributed by atoms with Crippen LogP contribution in [0.1, 0.15) is 29.7 Å². The summed E-state index contributed by atoms with van der Waals surface area (Å²) >= 11 is 0. The van der Waals surface area contributed by atoms with Crippen molar-refractivity contribution in [2.45, 2.75) is 25.4 Å². The summed E-state index contributed by atoms with van der Waals surface area (Å²) in [4.78, 5) is 14.6. The molecular weight excluding hydrogens is 512 g/mol. The zero-order valence-electron chi connectivity index (χ0n) is 21.0. The van der Waals surface area contributed by atoms with Gasteiger partial charge in [0.2, 0.25) is 0 Å². The largest absolute Gasteiger partial charge is 0.433 e. The third kappa shape index (κ3) is 6.29. The molecule has 0 unspecified atom stereocenters. The number of anilines is 1. The van der Waals surface area contributed by atoms with Crippen LogP contribution in [0.25, 0.3) is 10.9 Å². The Bertz CT molecular complexity index is 1490. The summed E-state index contributed by atoms with van der Waals surface area (Å²) in [6, 6.07) is 12.3. The second-order valence-electron chi connectivity index (χ2n) is 9.41. The fraction of sp³-hybridized carbons (Fsp3) is 0.321. The van der Waals surface area contributed by atoms with Gasteiger partial charge in [-0.25, -0.2) is 9.37 Å². The first-order valence-electron chi connectivity index (χ1n) is 12.7. The molecule has 1 fully saturated rings. The number of H-pyrrole nitrogens is 1. The van der Waals surface area contributed by atoms with Gasteiger partial charge in [-0.05, 0) is 67.8 Å². The zero-order chi connectivity index (χ0) is 27.4. The van der Waals surface area contributed by atoms with Crippen molar-refractivity contribution in [3.05, 3.63) is 77.5 Å². The Morgan fingerprint density at radius 2 is 1.85 bits per heavy atom. The number of benzene rings is 2. The highest BCUT2D eigenvalue weighted by Gasteiger charge is 2.33. The van der Waals surface area contributed by atoms with Gasteiger partial charge in [-0.1, -0.05) is 0 Å². The van der Waals surface area contributed by atoms with Crippen molar-refractivity contribution in [2.24, 2.45) is 0 Å². The summed E-state index contributed by atoms with van der Waals surface area (Å²) in [7, 11) is 0. The Morgan fingerprint density at radius 3 is 2.59 bits per heavy atom. The first-order valence-corrected chi connectivity index (χ1v) is 12.7. The molecule has 0 spiro atoms. The number of alkyl halides is 3. The number of ether oxygens (including phenoxy) is 1. The molecule has 0 saturated carbocycles. The molecule has 1 saturated heterocycles. The molecule has 11 heteroatoms. The Morgan fingerprint density at radius 1 is 1.03 bits per heavy atom. The predicted octanol–water partition coefficient (Wildman–Crippen LogP) is 5.92. The van der Waals surface area contributed by atoms with Gasteiger partial charge in [0.25, 0.3) is 0 Å². The maximum Gasteiger partial charge on any atom is 0.433 e. The van der Waals surface area contributed by atoms with E-state index in [0.717, 1.165) is 68.1 Å². The molecule has 1 N–H and O–H groups in total. The van der Waals surface area contributed by atoms with E-state index >= 15 is 0 Å². The van der Waals surface area contributed by atoms with Crippen LogP contribution in [-0.2, 0) is 12.6 Å². The van der Waals surface area contributed by atoms with Crippen molar-refractivity contribution in [1.29, 1.82) is 5.26 Å². The molecular formula is C28H26F4N6O. The fourth-order valence-corrected chi connectivity index (χ4v) is 4.78. The molecule has 3 heterocycles. The number of hydrogen-bond acceptors (Lipinski definition) is 6.